The van der Waals surface area contributed by atoms with E-state index >= 15 is 0 Å². The van der Waals surface area contributed by atoms with Gasteiger partial charge in [0, 0.05) is 18.4 Å². The Morgan fingerprint density at radius 1 is 1.07 bits per heavy atom. The van der Waals surface area contributed by atoms with Crippen molar-refractivity contribution in [2.24, 2.45) is 0 Å². The Kier molecular flexibility index (Phi) is 6.72. The minimum atomic E-state index is -0.178. The van der Waals surface area contributed by atoms with Gasteiger partial charge in [0.15, 0.2) is 11.5 Å². The van der Waals surface area contributed by atoms with E-state index in [-0.39, 0.29) is 18.4 Å². The molecule has 7 nitrogen and oxygen atoms in total. The topological polar surface area (TPSA) is 86.5 Å². The third kappa shape index (κ3) is 4.97. The van der Waals surface area contributed by atoms with Crippen LogP contribution in [0.4, 0.5) is 0 Å². The van der Waals surface area contributed by atoms with Crippen molar-refractivity contribution in [3.05, 3.63) is 59.0 Å². The van der Waals surface area contributed by atoms with Crippen molar-refractivity contribution in [1.29, 1.82) is 0 Å². The van der Waals surface area contributed by atoms with Crippen LogP contribution in [0, 0.1) is 13.8 Å². The predicted octanol–water partition coefficient (Wildman–Crippen LogP) is 4.18. The second-order valence-corrected chi connectivity index (χ2v) is 7.22. The molecule has 3 aromatic rings. The summed E-state index contributed by atoms with van der Waals surface area (Å²) in [6, 6.07) is 11.5. The number of methoxy groups -OCH3 is 2. The lowest BCUT2D eigenvalue weighted by Crippen LogP contribution is -2.27. The molecule has 0 aliphatic heterocycles. The zero-order valence-corrected chi connectivity index (χ0v) is 18.0. The number of aryl methyl sites for hydroxylation is 3. The van der Waals surface area contributed by atoms with E-state index in [0.29, 0.717) is 29.7 Å². The van der Waals surface area contributed by atoms with Crippen molar-refractivity contribution < 1.29 is 18.7 Å². The summed E-state index contributed by atoms with van der Waals surface area (Å²) in [6.07, 6.45) is 0.633. The molecular formula is C23H27N3O4. The van der Waals surface area contributed by atoms with Gasteiger partial charge in [-0.1, -0.05) is 17.7 Å². The van der Waals surface area contributed by atoms with Gasteiger partial charge < -0.3 is 19.2 Å². The fraction of sp³-hybridized carbons (Fsp3) is 0.348. The van der Waals surface area contributed by atoms with E-state index in [1.54, 1.807) is 14.2 Å². The van der Waals surface area contributed by atoms with Crippen LogP contribution in [-0.2, 0) is 11.2 Å². The van der Waals surface area contributed by atoms with Gasteiger partial charge >= 0.3 is 0 Å². The minimum absolute atomic E-state index is 0.0910. The maximum absolute atomic E-state index is 12.4. The van der Waals surface area contributed by atoms with Crippen LogP contribution >= 0.6 is 0 Å². The molecule has 0 saturated heterocycles. The minimum Gasteiger partial charge on any atom is -0.493 e. The molecule has 1 N–H and O–H groups in total. The molecule has 0 bridgehead atoms. The van der Waals surface area contributed by atoms with Crippen molar-refractivity contribution in [2.45, 2.75) is 39.7 Å². The standard InChI is InChI=1S/C23H27N3O4/c1-14-6-8-17(9-7-14)23-26-25-22(30-23)11-10-21(27)24-16(3)18-13-20(29-5)19(28-4)12-15(18)2/h6-9,12-13,16H,10-11H2,1-5H3,(H,24,27). The Balaban J connectivity index is 1.59. The lowest BCUT2D eigenvalue weighted by molar-refractivity contribution is -0.121. The molecule has 3 rings (SSSR count). The monoisotopic (exact) mass is 409 g/mol. The summed E-state index contributed by atoms with van der Waals surface area (Å²) in [5, 5.41) is 11.1. The smallest absolute Gasteiger partial charge is 0.247 e. The van der Waals surface area contributed by atoms with Gasteiger partial charge in [-0.3, -0.25) is 4.79 Å². The van der Waals surface area contributed by atoms with Gasteiger partial charge in [0.25, 0.3) is 0 Å². The first kappa shape index (κ1) is 21.4. The number of hydrogen-bond acceptors (Lipinski definition) is 6. The van der Waals surface area contributed by atoms with Crippen molar-refractivity contribution in [2.75, 3.05) is 14.2 Å². The number of nitrogens with one attached hydrogen (secondary N) is 1. The molecule has 2 aromatic carbocycles. The van der Waals surface area contributed by atoms with Crippen LogP contribution in [0.5, 0.6) is 11.5 Å². The number of carbonyl (C=O) groups excluding carboxylic acids is 1. The second kappa shape index (κ2) is 9.43. The predicted molar refractivity (Wildman–Crippen MR) is 114 cm³/mol. The number of benzene rings is 2. The largest absolute Gasteiger partial charge is 0.493 e. The van der Waals surface area contributed by atoms with Crippen LogP contribution in [0.15, 0.2) is 40.8 Å². The first-order valence-electron chi connectivity index (χ1n) is 9.82. The highest BCUT2D eigenvalue weighted by atomic mass is 16.5. The molecule has 1 unspecified atom stereocenters. The SMILES string of the molecule is COc1cc(C)c(C(C)NC(=O)CCc2nnc(-c3ccc(C)cc3)o2)cc1OC. The van der Waals surface area contributed by atoms with E-state index in [0.717, 1.165) is 22.3 Å². The zero-order chi connectivity index (χ0) is 21.7. The van der Waals surface area contributed by atoms with Crippen molar-refractivity contribution >= 4 is 5.91 Å². The number of carbonyl (C=O) groups is 1. The first-order valence-corrected chi connectivity index (χ1v) is 9.82. The molecule has 0 aliphatic rings. The molecule has 7 heteroatoms. The molecular weight excluding hydrogens is 382 g/mol. The normalized spacial score (nSPS) is 11.8. The first-order chi connectivity index (χ1) is 14.4. The van der Waals surface area contributed by atoms with E-state index in [4.69, 9.17) is 13.9 Å². The van der Waals surface area contributed by atoms with Gasteiger partial charge in [-0.15, -0.1) is 10.2 Å². The molecule has 0 radical (unpaired) electrons. The van der Waals surface area contributed by atoms with E-state index in [9.17, 15) is 4.79 Å². The number of hydrogen-bond donors (Lipinski definition) is 1. The van der Waals surface area contributed by atoms with E-state index in [1.807, 2.05) is 57.2 Å². The lowest BCUT2D eigenvalue weighted by atomic mass is 10.0. The molecule has 0 spiro atoms. The number of aromatic nitrogens is 2. The summed E-state index contributed by atoms with van der Waals surface area (Å²) in [6.45, 7) is 5.94. The van der Waals surface area contributed by atoms with Crippen LogP contribution < -0.4 is 14.8 Å². The summed E-state index contributed by atoms with van der Waals surface area (Å²) >= 11 is 0. The van der Waals surface area contributed by atoms with Crippen molar-refractivity contribution in [3.63, 3.8) is 0 Å². The highest BCUT2D eigenvalue weighted by Gasteiger charge is 2.17. The average Bonchev–Trinajstić information content (AvgIpc) is 3.21. The van der Waals surface area contributed by atoms with Crippen LogP contribution in [0.3, 0.4) is 0 Å². The average molecular weight is 409 g/mol. The quantitative estimate of drug-likeness (QED) is 0.601. The maximum Gasteiger partial charge on any atom is 0.247 e. The van der Waals surface area contributed by atoms with Gasteiger partial charge in [-0.25, -0.2) is 0 Å². The van der Waals surface area contributed by atoms with Crippen LogP contribution in [0.1, 0.15) is 42.0 Å². The molecule has 1 heterocycles. The lowest BCUT2D eigenvalue weighted by Gasteiger charge is -2.19. The fourth-order valence-electron chi connectivity index (χ4n) is 3.24. The fourth-order valence-corrected chi connectivity index (χ4v) is 3.24. The van der Waals surface area contributed by atoms with E-state index in [2.05, 4.69) is 15.5 Å². The molecule has 30 heavy (non-hydrogen) atoms. The Morgan fingerprint density at radius 2 is 1.73 bits per heavy atom. The molecule has 0 fully saturated rings. The van der Waals surface area contributed by atoms with Crippen molar-refractivity contribution in [1.82, 2.24) is 15.5 Å². The highest BCUT2D eigenvalue weighted by Crippen LogP contribution is 2.32. The summed E-state index contributed by atoms with van der Waals surface area (Å²) in [4.78, 5) is 12.4. The van der Waals surface area contributed by atoms with Gasteiger partial charge in [0.1, 0.15) is 0 Å². The van der Waals surface area contributed by atoms with Gasteiger partial charge in [0.2, 0.25) is 17.7 Å². The number of rotatable bonds is 8. The highest BCUT2D eigenvalue weighted by molar-refractivity contribution is 5.76. The van der Waals surface area contributed by atoms with Crippen LogP contribution in [-0.4, -0.2) is 30.3 Å². The van der Waals surface area contributed by atoms with Gasteiger partial charge in [-0.2, -0.15) is 0 Å². The molecule has 1 amide bonds. The Labute approximate surface area is 176 Å². The molecule has 1 atom stereocenters. The zero-order valence-electron chi connectivity index (χ0n) is 18.0. The summed E-state index contributed by atoms with van der Waals surface area (Å²) in [5.41, 5.74) is 4.01. The summed E-state index contributed by atoms with van der Waals surface area (Å²) in [5.74, 6) is 2.11. The number of nitrogens with zero attached hydrogens (tertiary/aromatic N) is 2. The molecule has 0 saturated carbocycles. The second-order valence-electron chi connectivity index (χ2n) is 7.22. The van der Waals surface area contributed by atoms with Gasteiger partial charge in [0.05, 0.1) is 20.3 Å². The van der Waals surface area contributed by atoms with E-state index < -0.39 is 0 Å². The summed E-state index contributed by atoms with van der Waals surface area (Å²) < 4.78 is 16.4. The Morgan fingerprint density at radius 3 is 2.40 bits per heavy atom. The van der Waals surface area contributed by atoms with Crippen molar-refractivity contribution in [3.8, 4) is 23.0 Å². The van der Waals surface area contributed by atoms with Crippen LogP contribution in [0.2, 0.25) is 0 Å². The Bertz CT molecular complexity index is 1010. The van der Waals surface area contributed by atoms with Gasteiger partial charge in [-0.05, 0) is 56.2 Å². The number of ether oxygens (including phenoxy) is 2. The van der Waals surface area contributed by atoms with Crippen LogP contribution in [0.25, 0.3) is 11.5 Å². The molecule has 0 aliphatic carbocycles. The van der Waals surface area contributed by atoms with E-state index in [1.165, 1.54) is 0 Å². The third-order valence-corrected chi connectivity index (χ3v) is 4.95. The summed E-state index contributed by atoms with van der Waals surface area (Å²) in [7, 11) is 3.19. The molecule has 1 aromatic heterocycles. The molecule has 158 valence electrons. The number of amides is 1. The Hall–Kier alpha value is -3.35. The maximum atomic E-state index is 12.4. The third-order valence-electron chi connectivity index (χ3n) is 4.95.